The fourth-order valence-electron chi connectivity index (χ4n) is 1.65. The van der Waals surface area contributed by atoms with Crippen molar-refractivity contribution in [2.75, 3.05) is 11.6 Å². The monoisotopic (exact) mass is 305 g/mol. The number of hydrogen-bond acceptors (Lipinski definition) is 6. The van der Waals surface area contributed by atoms with Crippen LogP contribution in [0.3, 0.4) is 0 Å². The van der Waals surface area contributed by atoms with Crippen LogP contribution in [0.25, 0.3) is 0 Å². The van der Waals surface area contributed by atoms with Crippen LogP contribution in [0.5, 0.6) is 0 Å². The van der Waals surface area contributed by atoms with Crippen LogP contribution in [0.15, 0.2) is 41.4 Å². The van der Waals surface area contributed by atoms with Gasteiger partial charge < -0.3 is 10.4 Å². The molecule has 1 aromatic carbocycles. The van der Waals surface area contributed by atoms with E-state index >= 15 is 0 Å². The maximum absolute atomic E-state index is 11.2. The third-order valence-electron chi connectivity index (χ3n) is 2.65. The van der Waals surface area contributed by atoms with E-state index in [2.05, 4.69) is 10.3 Å². The molecule has 0 fully saturated rings. The maximum Gasteiger partial charge on any atom is 0.339 e. The van der Waals surface area contributed by atoms with Gasteiger partial charge in [0.05, 0.1) is 4.92 Å². The second-order valence-corrected chi connectivity index (χ2v) is 4.89. The molecule has 108 valence electrons. The van der Waals surface area contributed by atoms with E-state index in [1.165, 1.54) is 0 Å². The van der Waals surface area contributed by atoms with Gasteiger partial charge in [0.25, 0.3) is 5.69 Å². The predicted octanol–water partition coefficient (Wildman–Crippen LogP) is 3.15. The summed E-state index contributed by atoms with van der Waals surface area (Å²) in [5.41, 5.74) is 0.0419. The summed E-state index contributed by atoms with van der Waals surface area (Å²) < 4.78 is 0. The van der Waals surface area contributed by atoms with E-state index in [-0.39, 0.29) is 17.1 Å². The number of hydrogen-bond donors (Lipinski definition) is 2. The first kappa shape index (κ1) is 14.8. The van der Waals surface area contributed by atoms with Crippen LogP contribution in [-0.2, 0) is 0 Å². The van der Waals surface area contributed by atoms with E-state index in [0.29, 0.717) is 5.69 Å². The standard InChI is InChI=1S/C13H11N3O4S/c1-21-10-4-2-3-8(5-10)15-12-11(13(17)18)6-9(7-14-12)16(19)20/h2-7H,1H3,(H,14,15)(H,17,18). The van der Waals surface area contributed by atoms with Crippen molar-refractivity contribution in [2.45, 2.75) is 4.90 Å². The molecular formula is C13H11N3O4S. The number of aromatic carboxylic acids is 1. The quantitative estimate of drug-likeness (QED) is 0.496. The lowest BCUT2D eigenvalue weighted by Gasteiger charge is -2.09. The van der Waals surface area contributed by atoms with E-state index in [0.717, 1.165) is 17.2 Å². The van der Waals surface area contributed by atoms with E-state index in [9.17, 15) is 14.9 Å². The number of nitro groups is 1. The summed E-state index contributed by atoms with van der Waals surface area (Å²) >= 11 is 1.54. The number of thioether (sulfide) groups is 1. The zero-order valence-electron chi connectivity index (χ0n) is 10.9. The molecule has 0 atom stereocenters. The first-order valence-electron chi connectivity index (χ1n) is 5.80. The Bertz CT molecular complexity index is 706. The van der Waals surface area contributed by atoms with Crippen molar-refractivity contribution in [3.63, 3.8) is 0 Å². The highest BCUT2D eigenvalue weighted by molar-refractivity contribution is 7.98. The van der Waals surface area contributed by atoms with E-state index < -0.39 is 10.9 Å². The Balaban J connectivity index is 2.38. The number of nitrogens with one attached hydrogen (secondary N) is 1. The van der Waals surface area contributed by atoms with Crippen molar-refractivity contribution in [1.82, 2.24) is 4.98 Å². The first-order chi connectivity index (χ1) is 10.0. The first-order valence-corrected chi connectivity index (χ1v) is 7.02. The van der Waals surface area contributed by atoms with E-state index in [1.54, 1.807) is 17.8 Å². The Labute approximate surface area is 124 Å². The zero-order chi connectivity index (χ0) is 15.4. The summed E-state index contributed by atoms with van der Waals surface area (Å²) in [7, 11) is 0. The predicted molar refractivity (Wildman–Crippen MR) is 79.4 cm³/mol. The van der Waals surface area contributed by atoms with Crippen molar-refractivity contribution in [1.29, 1.82) is 0 Å². The molecule has 0 aliphatic carbocycles. The molecule has 0 radical (unpaired) electrons. The molecule has 2 rings (SSSR count). The molecule has 2 N–H and O–H groups in total. The average molecular weight is 305 g/mol. The molecule has 0 amide bonds. The lowest BCUT2D eigenvalue weighted by atomic mass is 10.2. The van der Waals surface area contributed by atoms with Crippen LogP contribution in [0, 0.1) is 10.1 Å². The Morgan fingerprint density at radius 1 is 1.43 bits per heavy atom. The van der Waals surface area contributed by atoms with Gasteiger partial charge in [-0.1, -0.05) is 6.07 Å². The highest BCUT2D eigenvalue weighted by atomic mass is 32.2. The maximum atomic E-state index is 11.2. The highest BCUT2D eigenvalue weighted by Gasteiger charge is 2.17. The van der Waals surface area contributed by atoms with Crippen molar-refractivity contribution in [3.8, 4) is 0 Å². The molecule has 0 saturated carbocycles. The van der Waals surface area contributed by atoms with Gasteiger partial charge in [-0.2, -0.15) is 0 Å². The van der Waals surface area contributed by atoms with Gasteiger partial charge in [-0.05, 0) is 24.5 Å². The summed E-state index contributed by atoms with van der Waals surface area (Å²) in [6, 6.07) is 8.31. The van der Waals surface area contributed by atoms with Gasteiger partial charge >= 0.3 is 5.97 Å². The highest BCUT2D eigenvalue weighted by Crippen LogP contribution is 2.25. The Kier molecular flexibility index (Phi) is 4.39. The molecule has 0 aliphatic rings. The molecule has 0 spiro atoms. The zero-order valence-corrected chi connectivity index (χ0v) is 11.8. The summed E-state index contributed by atoms with van der Waals surface area (Å²) in [6.07, 6.45) is 2.94. The van der Waals surface area contributed by atoms with Crippen LogP contribution >= 0.6 is 11.8 Å². The molecule has 2 aromatic rings. The minimum Gasteiger partial charge on any atom is -0.478 e. The number of aromatic nitrogens is 1. The number of carbonyl (C=O) groups is 1. The normalized spacial score (nSPS) is 10.1. The SMILES string of the molecule is CSc1cccc(Nc2ncc([N+](=O)[O-])cc2C(=O)O)c1. The van der Waals surface area contributed by atoms with Crippen LogP contribution in [0.1, 0.15) is 10.4 Å². The second-order valence-electron chi connectivity index (χ2n) is 4.01. The van der Waals surface area contributed by atoms with Gasteiger partial charge in [-0.15, -0.1) is 11.8 Å². The average Bonchev–Trinajstić information content (AvgIpc) is 2.47. The molecule has 0 aliphatic heterocycles. The van der Waals surface area contributed by atoms with Crippen LogP contribution < -0.4 is 5.32 Å². The van der Waals surface area contributed by atoms with Crippen molar-refractivity contribution < 1.29 is 14.8 Å². The van der Waals surface area contributed by atoms with Crippen molar-refractivity contribution in [2.24, 2.45) is 0 Å². The van der Waals surface area contributed by atoms with Gasteiger partial charge in [0.15, 0.2) is 0 Å². The van der Waals surface area contributed by atoms with Gasteiger partial charge in [0.2, 0.25) is 0 Å². The third kappa shape index (κ3) is 3.48. The Morgan fingerprint density at radius 3 is 2.81 bits per heavy atom. The minimum absolute atomic E-state index is 0.0614. The van der Waals surface area contributed by atoms with Crippen LogP contribution in [-0.4, -0.2) is 27.2 Å². The van der Waals surface area contributed by atoms with Gasteiger partial charge in [-0.3, -0.25) is 10.1 Å². The van der Waals surface area contributed by atoms with Crippen molar-refractivity contribution in [3.05, 3.63) is 52.2 Å². The van der Waals surface area contributed by atoms with E-state index in [4.69, 9.17) is 5.11 Å². The number of carboxylic acids is 1. The molecule has 1 aromatic heterocycles. The third-order valence-corrected chi connectivity index (χ3v) is 3.37. The number of pyridine rings is 1. The largest absolute Gasteiger partial charge is 0.478 e. The Hall–Kier alpha value is -2.61. The number of benzene rings is 1. The molecule has 0 unspecified atom stereocenters. The summed E-state index contributed by atoms with van der Waals surface area (Å²) in [5, 5.41) is 22.7. The summed E-state index contributed by atoms with van der Waals surface area (Å²) in [5.74, 6) is -1.22. The molecule has 1 heterocycles. The van der Waals surface area contributed by atoms with Gasteiger partial charge in [-0.25, -0.2) is 9.78 Å². The molecule has 7 nitrogen and oxygen atoms in total. The van der Waals surface area contributed by atoms with Gasteiger partial charge in [0, 0.05) is 16.6 Å². The Morgan fingerprint density at radius 2 is 2.19 bits per heavy atom. The number of rotatable bonds is 5. The molecule has 21 heavy (non-hydrogen) atoms. The van der Waals surface area contributed by atoms with Crippen molar-refractivity contribution >= 4 is 34.9 Å². The minimum atomic E-state index is -1.28. The summed E-state index contributed by atoms with van der Waals surface area (Å²) in [6.45, 7) is 0. The lowest BCUT2D eigenvalue weighted by molar-refractivity contribution is -0.385. The van der Waals surface area contributed by atoms with E-state index in [1.807, 2.05) is 24.5 Å². The number of carboxylic acid groups (broad SMARTS) is 1. The van der Waals surface area contributed by atoms with Crippen LogP contribution in [0.4, 0.5) is 17.2 Å². The molecule has 8 heteroatoms. The fraction of sp³-hybridized carbons (Fsp3) is 0.0769. The van der Waals surface area contributed by atoms with Crippen LogP contribution in [0.2, 0.25) is 0 Å². The number of anilines is 2. The summed E-state index contributed by atoms with van der Waals surface area (Å²) in [4.78, 5) is 26.0. The number of nitrogens with zero attached hydrogens (tertiary/aromatic N) is 2. The van der Waals surface area contributed by atoms with Gasteiger partial charge in [0.1, 0.15) is 17.6 Å². The second kappa shape index (κ2) is 6.23. The lowest BCUT2D eigenvalue weighted by Crippen LogP contribution is -2.06. The molecular weight excluding hydrogens is 294 g/mol. The molecule has 0 bridgehead atoms. The molecule has 0 saturated heterocycles. The fourth-order valence-corrected chi connectivity index (χ4v) is 2.11. The topological polar surface area (TPSA) is 105 Å². The smallest absolute Gasteiger partial charge is 0.339 e.